The number of halogens is 3. The first-order chi connectivity index (χ1) is 7.89. The van der Waals surface area contributed by atoms with Crippen LogP contribution in [0, 0.1) is 0 Å². The molecule has 1 aromatic rings. The van der Waals surface area contributed by atoms with Crippen molar-refractivity contribution in [1.82, 2.24) is 5.32 Å². The maximum atomic E-state index is 12.4. The average molecular weight is 243 g/mol. The Kier molecular flexibility index (Phi) is 4.31. The zero-order chi connectivity index (χ0) is 12.9. The van der Waals surface area contributed by atoms with Gasteiger partial charge in [0.2, 0.25) is 0 Å². The van der Waals surface area contributed by atoms with E-state index in [2.05, 4.69) is 5.32 Å². The first-order valence-corrected chi connectivity index (χ1v) is 4.96. The van der Waals surface area contributed by atoms with Crippen LogP contribution in [0.3, 0.4) is 0 Å². The van der Waals surface area contributed by atoms with Crippen LogP contribution < -0.4 is 5.32 Å². The molecular weight excluding hydrogens is 231 g/mol. The fraction of sp³-hybridized carbons (Fsp3) is 0.250. The van der Waals surface area contributed by atoms with E-state index in [9.17, 15) is 18.0 Å². The number of carbonyl (C=O) groups excluding carboxylic acids is 1. The van der Waals surface area contributed by atoms with E-state index in [0.717, 1.165) is 12.1 Å². The number of rotatable bonds is 4. The molecule has 0 bridgehead atoms. The van der Waals surface area contributed by atoms with Crippen molar-refractivity contribution in [1.29, 1.82) is 0 Å². The molecule has 1 N–H and O–H groups in total. The molecule has 0 amide bonds. The summed E-state index contributed by atoms with van der Waals surface area (Å²) >= 11 is 0. The minimum absolute atomic E-state index is 0.124. The molecule has 0 atom stereocenters. The molecule has 1 aromatic carbocycles. The van der Waals surface area contributed by atoms with Crippen LogP contribution in [0.1, 0.15) is 18.1 Å². The predicted octanol–water partition coefficient (Wildman–Crippen LogP) is 2.90. The van der Waals surface area contributed by atoms with Crippen LogP contribution >= 0.6 is 0 Å². The topological polar surface area (TPSA) is 29.1 Å². The number of ketones is 1. The molecule has 0 heterocycles. The second-order valence-electron chi connectivity index (χ2n) is 3.52. The van der Waals surface area contributed by atoms with Gasteiger partial charge in [-0.3, -0.25) is 4.79 Å². The Bertz CT molecular complexity index is 424. The standard InChI is InChI=1S/C12H12F3NO/c1-9(17)5-6-16-8-10-3-2-4-11(7-10)12(13,14)15/h2-7,16H,8H2,1H3/b6-5+. The van der Waals surface area contributed by atoms with Crippen LogP contribution in [0.25, 0.3) is 0 Å². The van der Waals surface area contributed by atoms with Crippen LogP contribution in [-0.4, -0.2) is 5.78 Å². The molecule has 0 spiro atoms. The minimum Gasteiger partial charge on any atom is -0.387 e. The van der Waals surface area contributed by atoms with E-state index >= 15 is 0 Å². The van der Waals surface area contributed by atoms with Crippen LogP contribution in [0.15, 0.2) is 36.5 Å². The Morgan fingerprint density at radius 2 is 2.12 bits per heavy atom. The summed E-state index contributed by atoms with van der Waals surface area (Å²) in [5.74, 6) is -0.124. The van der Waals surface area contributed by atoms with Gasteiger partial charge in [-0.05, 0) is 30.7 Å². The molecule has 0 unspecified atom stereocenters. The quantitative estimate of drug-likeness (QED) is 0.824. The number of benzene rings is 1. The number of hydrogen-bond donors (Lipinski definition) is 1. The Morgan fingerprint density at radius 3 is 2.71 bits per heavy atom. The summed E-state index contributed by atoms with van der Waals surface area (Å²) in [6.07, 6.45) is -1.60. The zero-order valence-corrected chi connectivity index (χ0v) is 9.21. The van der Waals surface area contributed by atoms with E-state index < -0.39 is 11.7 Å². The van der Waals surface area contributed by atoms with Crippen LogP contribution in [-0.2, 0) is 17.5 Å². The fourth-order valence-corrected chi connectivity index (χ4v) is 1.21. The lowest BCUT2D eigenvalue weighted by Gasteiger charge is -2.08. The van der Waals surface area contributed by atoms with Gasteiger partial charge in [0.25, 0.3) is 0 Å². The summed E-state index contributed by atoms with van der Waals surface area (Å²) in [7, 11) is 0. The summed E-state index contributed by atoms with van der Waals surface area (Å²) < 4.78 is 37.1. The van der Waals surface area contributed by atoms with Crippen molar-refractivity contribution in [3.8, 4) is 0 Å². The lowest BCUT2D eigenvalue weighted by Crippen LogP contribution is -2.09. The third-order valence-electron chi connectivity index (χ3n) is 2.00. The van der Waals surface area contributed by atoms with Crippen molar-refractivity contribution in [2.75, 3.05) is 0 Å². The summed E-state index contributed by atoms with van der Waals surface area (Å²) in [6, 6.07) is 5.04. The molecule has 1 rings (SSSR count). The molecule has 0 saturated carbocycles. The Balaban J connectivity index is 2.64. The van der Waals surface area contributed by atoms with Gasteiger partial charge in [0.05, 0.1) is 5.56 Å². The molecule has 0 fully saturated rings. The van der Waals surface area contributed by atoms with Gasteiger partial charge in [-0.25, -0.2) is 0 Å². The Morgan fingerprint density at radius 1 is 1.41 bits per heavy atom. The van der Waals surface area contributed by atoms with Crippen LogP contribution in [0.2, 0.25) is 0 Å². The van der Waals surface area contributed by atoms with Crippen LogP contribution in [0.5, 0.6) is 0 Å². The maximum absolute atomic E-state index is 12.4. The fourth-order valence-electron chi connectivity index (χ4n) is 1.21. The first kappa shape index (κ1) is 13.3. The average Bonchev–Trinajstić information content (AvgIpc) is 2.23. The predicted molar refractivity (Wildman–Crippen MR) is 58.1 cm³/mol. The van der Waals surface area contributed by atoms with Gasteiger partial charge in [0.1, 0.15) is 0 Å². The van der Waals surface area contributed by atoms with E-state index in [0.29, 0.717) is 5.56 Å². The number of carbonyl (C=O) groups is 1. The van der Waals surface area contributed by atoms with E-state index in [1.54, 1.807) is 6.07 Å². The Labute approximate surface area is 97.1 Å². The van der Waals surface area contributed by atoms with Crippen LogP contribution in [0.4, 0.5) is 13.2 Å². The highest BCUT2D eigenvalue weighted by atomic mass is 19.4. The molecule has 2 nitrogen and oxygen atoms in total. The molecule has 17 heavy (non-hydrogen) atoms. The molecular formula is C12H12F3NO. The van der Waals surface area contributed by atoms with Gasteiger partial charge >= 0.3 is 6.18 Å². The highest BCUT2D eigenvalue weighted by Gasteiger charge is 2.30. The van der Waals surface area contributed by atoms with Gasteiger partial charge in [-0.1, -0.05) is 12.1 Å². The summed E-state index contributed by atoms with van der Waals surface area (Å²) in [4.78, 5) is 10.6. The molecule has 5 heteroatoms. The summed E-state index contributed by atoms with van der Waals surface area (Å²) in [6.45, 7) is 1.64. The summed E-state index contributed by atoms with van der Waals surface area (Å²) in [5, 5.41) is 2.74. The second-order valence-corrected chi connectivity index (χ2v) is 3.52. The van der Waals surface area contributed by atoms with Gasteiger partial charge in [0, 0.05) is 12.7 Å². The van der Waals surface area contributed by atoms with Crippen molar-refractivity contribution in [2.45, 2.75) is 19.6 Å². The number of nitrogens with one attached hydrogen (secondary N) is 1. The highest BCUT2D eigenvalue weighted by Crippen LogP contribution is 2.29. The van der Waals surface area contributed by atoms with Gasteiger partial charge in [-0.2, -0.15) is 13.2 Å². The second kappa shape index (κ2) is 5.52. The van der Waals surface area contributed by atoms with Crippen molar-refractivity contribution in [3.05, 3.63) is 47.7 Å². The largest absolute Gasteiger partial charge is 0.416 e. The third kappa shape index (κ3) is 4.72. The SMILES string of the molecule is CC(=O)/C=C/NCc1cccc(C(F)(F)F)c1. The smallest absolute Gasteiger partial charge is 0.387 e. The Hall–Kier alpha value is -1.78. The van der Waals surface area contributed by atoms with Crippen molar-refractivity contribution in [2.24, 2.45) is 0 Å². The van der Waals surface area contributed by atoms with Gasteiger partial charge < -0.3 is 5.32 Å². The molecule has 0 saturated heterocycles. The monoisotopic (exact) mass is 243 g/mol. The first-order valence-electron chi connectivity index (χ1n) is 4.96. The normalized spacial score (nSPS) is 11.8. The number of allylic oxidation sites excluding steroid dienone is 1. The van der Waals surface area contributed by atoms with Gasteiger partial charge in [-0.15, -0.1) is 0 Å². The zero-order valence-electron chi connectivity index (χ0n) is 9.21. The maximum Gasteiger partial charge on any atom is 0.416 e. The number of hydrogen-bond acceptors (Lipinski definition) is 2. The van der Waals surface area contributed by atoms with E-state index in [1.165, 1.54) is 25.3 Å². The third-order valence-corrected chi connectivity index (χ3v) is 2.00. The molecule has 0 aliphatic carbocycles. The molecule has 0 radical (unpaired) electrons. The number of alkyl halides is 3. The molecule has 0 aliphatic heterocycles. The molecule has 92 valence electrons. The molecule has 0 aromatic heterocycles. The lowest BCUT2D eigenvalue weighted by molar-refractivity contribution is -0.137. The van der Waals surface area contributed by atoms with E-state index in [4.69, 9.17) is 0 Å². The molecule has 0 aliphatic rings. The highest BCUT2D eigenvalue weighted by molar-refractivity contribution is 5.87. The van der Waals surface area contributed by atoms with E-state index in [-0.39, 0.29) is 12.3 Å². The minimum atomic E-state index is -4.33. The van der Waals surface area contributed by atoms with Crippen molar-refractivity contribution >= 4 is 5.78 Å². The van der Waals surface area contributed by atoms with E-state index in [1.807, 2.05) is 0 Å². The summed E-state index contributed by atoms with van der Waals surface area (Å²) in [5.41, 5.74) is -0.166. The van der Waals surface area contributed by atoms with Gasteiger partial charge in [0.15, 0.2) is 5.78 Å². The lowest BCUT2D eigenvalue weighted by atomic mass is 10.1. The van der Waals surface area contributed by atoms with Crippen molar-refractivity contribution in [3.63, 3.8) is 0 Å². The van der Waals surface area contributed by atoms with Crippen molar-refractivity contribution < 1.29 is 18.0 Å².